The number of anilines is 2. The Labute approximate surface area is 220 Å². The van der Waals surface area contributed by atoms with Crippen LogP contribution in [0.5, 0.6) is 11.5 Å². The molecule has 2 amide bonds. The van der Waals surface area contributed by atoms with Crippen LogP contribution in [-0.2, 0) is 9.59 Å². The Kier molecular flexibility index (Phi) is 9.06. The van der Waals surface area contributed by atoms with E-state index in [1.54, 1.807) is 30.3 Å². The summed E-state index contributed by atoms with van der Waals surface area (Å²) in [5, 5.41) is 15.2. The van der Waals surface area contributed by atoms with Gasteiger partial charge in [-0.15, -0.1) is 0 Å². The van der Waals surface area contributed by atoms with Crippen LogP contribution in [0.4, 0.5) is 15.8 Å². The van der Waals surface area contributed by atoms with E-state index < -0.39 is 17.6 Å². The summed E-state index contributed by atoms with van der Waals surface area (Å²) in [5.74, 6) is -0.969. The first kappa shape index (κ1) is 26.7. The van der Waals surface area contributed by atoms with Crippen molar-refractivity contribution >= 4 is 56.8 Å². The third kappa shape index (κ3) is 7.07. The number of nitrogens with one attached hydrogen (secondary N) is 2. The molecule has 0 fully saturated rings. The highest BCUT2D eigenvalue weighted by atomic mass is 79.9. The van der Waals surface area contributed by atoms with Crippen molar-refractivity contribution in [1.29, 1.82) is 5.26 Å². The molecule has 3 aromatic rings. The van der Waals surface area contributed by atoms with E-state index in [1.807, 2.05) is 13.0 Å². The molecule has 3 aromatic carbocycles. The number of hydrogen-bond donors (Lipinski definition) is 2. The van der Waals surface area contributed by atoms with Crippen LogP contribution in [0.15, 0.2) is 64.6 Å². The average molecular weight is 573 g/mol. The van der Waals surface area contributed by atoms with Crippen LogP contribution in [0.25, 0.3) is 6.08 Å². The molecule has 0 unspecified atom stereocenters. The lowest BCUT2D eigenvalue weighted by molar-refractivity contribution is -0.118. The van der Waals surface area contributed by atoms with Gasteiger partial charge in [-0.05, 0) is 88.6 Å². The Morgan fingerprint density at radius 3 is 2.44 bits per heavy atom. The topological polar surface area (TPSA) is 100 Å². The zero-order valence-electron chi connectivity index (χ0n) is 19.2. The minimum absolute atomic E-state index is 0.182. The third-order valence-electron chi connectivity index (χ3n) is 4.83. The highest BCUT2D eigenvalue weighted by molar-refractivity contribution is 9.10. The van der Waals surface area contributed by atoms with Crippen LogP contribution in [-0.4, -0.2) is 25.5 Å². The van der Waals surface area contributed by atoms with Crippen molar-refractivity contribution in [3.63, 3.8) is 0 Å². The molecule has 184 valence electrons. The lowest BCUT2D eigenvalue weighted by Gasteiger charge is -2.14. The van der Waals surface area contributed by atoms with Crippen molar-refractivity contribution in [2.45, 2.75) is 6.92 Å². The number of carbonyl (C=O) groups is 2. The molecular formula is C26H20BrClFN3O4. The number of nitriles is 1. The molecule has 0 aliphatic rings. The van der Waals surface area contributed by atoms with Gasteiger partial charge in [-0.25, -0.2) is 4.39 Å². The van der Waals surface area contributed by atoms with E-state index in [-0.39, 0.29) is 23.7 Å². The first-order valence-corrected chi connectivity index (χ1v) is 11.6. The van der Waals surface area contributed by atoms with Gasteiger partial charge in [-0.3, -0.25) is 9.59 Å². The summed E-state index contributed by atoms with van der Waals surface area (Å²) >= 11 is 9.47. The van der Waals surface area contributed by atoms with Gasteiger partial charge in [0.05, 0.1) is 11.6 Å². The number of aryl methyl sites for hydroxylation is 1. The number of benzene rings is 3. The number of nitrogens with zero attached hydrogens (tertiary/aromatic N) is 1. The molecule has 0 aliphatic carbocycles. The number of hydrogen-bond acceptors (Lipinski definition) is 5. The summed E-state index contributed by atoms with van der Waals surface area (Å²) in [6, 6.07) is 15.3. The van der Waals surface area contributed by atoms with Gasteiger partial charge in [0, 0.05) is 16.4 Å². The molecule has 0 radical (unpaired) electrons. The van der Waals surface area contributed by atoms with Crippen LogP contribution >= 0.6 is 27.5 Å². The maximum atomic E-state index is 13.1. The molecule has 0 spiro atoms. The van der Waals surface area contributed by atoms with Gasteiger partial charge in [0.25, 0.3) is 11.8 Å². The molecular weight excluding hydrogens is 553 g/mol. The molecule has 0 atom stereocenters. The standard InChI is InChI=1S/C26H20BrClFN3O4/c1-15-3-6-20(12-22(15)28)31-24(33)14-36-25-21(27)10-16(11-23(25)35-2)9-17(13-30)26(34)32-19-7-4-18(29)5-8-19/h3-12H,14H2,1-2H3,(H,31,33)(H,32,34)/b17-9+. The van der Waals surface area contributed by atoms with E-state index in [9.17, 15) is 19.2 Å². The van der Waals surface area contributed by atoms with Crippen LogP contribution in [0.2, 0.25) is 5.02 Å². The van der Waals surface area contributed by atoms with Crippen molar-refractivity contribution < 1.29 is 23.5 Å². The number of amides is 2. The van der Waals surface area contributed by atoms with Gasteiger partial charge in [-0.2, -0.15) is 5.26 Å². The number of carbonyl (C=O) groups excluding carboxylic acids is 2. The van der Waals surface area contributed by atoms with Gasteiger partial charge < -0.3 is 20.1 Å². The van der Waals surface area contributed by atoms with Crippen LogP contribution < -0.4 is 20.1 Å². The highest BCUT2D eigenvalue weighted by Crippen LogP contribution is 2.37. The van der Waals surface area contributed by atoms with E-state index in [0.29, 0.717) is 26.4 Å². The van der Waals surface area contributed by atoms with Crippen molar-refractivity contribution in [3.8, 4) is 17.6 Å². The predicted molar refractivity (Wildman–Crippen MR) is 140 cm³/mol. The van der Waals surface area contributed by atoms with E-state index in [2.05, 4.69) is 26.6 Å². The van der Waals surface area contributed by atoms with E-state index in [1.165, 1.54) is 37.5 Å². The highest BCUT2D eigenvalue weighted by Gasteiger charge is 2.16. The number of halogens is 3. The lowest BCUT2D eigenvalue weighted by Crippen LogP contribution is -2.20. The Bertz CT molecular complexity index is 1370. The largest absolute Gasteiger partial charge is 0.493 e. The summed E-state index contributed by atoms with van der Waals surface area (Å²) < 4.78 is 24.5. The average Bonchev–Trinajstić information content (AvgIpc) is 2.85. The number of rotatable bonds is 8. The van der Waals surface area contributed by atoms with Gasteiger partial charge in [0.15, 0.2) is 18.1 Å². The lowest BCUT2D eigenvalue weighted by atomic mass is 10.1. The molecule has 36 heavy (non-hydrogen) atoms. The number of methoxy groups -OCH3 is 1. The van der Waals surface area contributed by atoms with Crippen LogP contribution in [0.3, 0.4) is 0 Å². The summed E-state index contributed by atoms with van der Waals surface area (Å²) in [5.41, 5.74) is 2.06. The van der Waals surface area contributed by atoms with Crippen LogP contribution in [0.1, 0.15) is 11.1 Å². The van der Waals surface area contributed by atoms with E-state index in [0.717, 1.165) is 5.56 Å². The van der Waals surface area contributed by atoms with Gasteiger partial charge in [0.2, 0.25) is 0 Å². The van der Waals surface area contributed by atoms with Gasteiger partial charge >= 0.3 is 0 Å². The quantitative estimate of drug-likeness (QED) is 0.250. The second-order valence-electron chi connectivity index (χ2n) is 7.47. The maximum absolute atomic E-state index is 13.1. The Balaban J connectivity index is 1.73. The summed E-state index contributed by atoms with van der Waals surface area (Å²) in [7, 11) is 1.42. The summed E-state index contributed by atoms with van der Waals surface area (Å²) in [4.78, 5) is 24.8. The molecule has 7 nitrogen and oxygen atoms in total. The smallest absolute Gasteiger partial charge is 0.266 e. The van der Waals surface area contributed by atoms with Crippen molar-refractivity contribution in [3.05, 3.63) is 86.6 Å². The second kappa shape index (κ2) is 12.2. The molecule has 0 aromatic heterocycles. The molecule has 0 bridgehead atoms. The van der Waals surface area contributed by atoms with Crippen LogP contribution in [0, 0.1) is 24.1 Å². The van der Waals surface area contributed by atoms with Gasteiger partial charge in [-0.1, -0.05) is 17.7 Å². The molecule has 3 rings (SSSR count). The molecule has 0 aliphatic heterocycles. The molecule has 2 N–H and O–H groups in total. The number of ether oxygens (including phenoxy) is 2. The van der Waals surface area contributed by atoms with Crippen molar-refractivity contribution in [1.82, 2.24) is 0 Å². The summed E-state index contributed by atoms with van der Waals surface area (Å²) in [6.45, 7) is 1.55. The zero-order chi connectivity index (χ0) is 26.2. The fourth-order valence-corrected chi connectivity index (χ4v) is 3.77. The first-order chi connectivity index (χ1) is 17.2. The molecule has 10 heteroatoms. The maximum Gasteiger partial charge on any atom is 0.266 e. The second-order valence-corrected chi connectivity index (χ2v) is 8.73. The zero-order valence-corrected chi connectivity index (χ0v) is 21.5. The monoisotopic (exact) mass is 571 g/mol. The van der Waals surface area contributed by atoms with E-state index >= 15 is 0 Å². The third-order valence-corrected chi connectivity index (χ3v) is 5.83. The molecule has 0 heterocycles. The van der Waals surface area contributed by atoms with E-state index in [4.69, 9.17) is 21.1 Å². The van der Waals surface area contributed by atoms with Gasteiger partial charge in [0.1, 0.15) is 17.5 Å². The molecule has 0 saturated heterocycles. The van der Waals surface area contributed by atoms with Crippen molar-refractivity contribution in [2.75, 3.05) is 24.4 Å². The first-order valence-electron chi connectivity index (χ1n) is 10.4. The minimum atomic E-state index is -0.660. The summed E-state index contributed by atoms with van der Waals surface area (Å²) in [6.07, 6.45) is 1.36. The normalized spacial score (nSPS) is 10.8. The predicted octanol–water partition coefficient (Wildman–Crippen LogP) is 6.12. The fourth-order valence-electron chi connectivity index (χ4n) is 3.02. The fraction of sp³-hybridized carbons (Fsp3) is 0.115. The Morgan fingerprint density at radius 1 is 1.11 bits per heavy atom. The Morgan fingerprint density at radius 2 is 1.81 bits per heavy atom. The Hall–Kier alpha value is -3.87. The SMILES string of the molecule is COc1cc(/C=C(\C#N)C(=O)Nc2ccc(F)cc2)cc(Br)c1OCC(=O)Nc1ccc(C)c(Cl)c1. The van der Waals surface area contributed by atoms with Crippen molar-refractivity contribution in [2.24, 2.45) is 0 Å². The minimum Gasteiger partial charge on any atom is -0.493 e. The molecule has 0 saturated carbocycles.